The van der Waals surface area contributed by atoms with Crippen LogP contribution < -0.4 is 0 Å². The Balaban J connectivity index is 2.97. The molecule has 0 fully saturated rings. The molecule has 0 aromatic carbocycles. The largest absolute Gasteiger partial charge is 0.393 e. The van der Waals surface area contributed by atoms with E-state index in [9.17, 15) is 9.90 Å². The fraction of sp³-hybridized carbons (Fsp3) is 0.500. The molecule has 1 aliphatic rings. The maximum absolute atomic E-state index is 10.9. The van der Waals surface area contributed by atoms with Gasteiger partial charge in [0, 0.05) is 0 Å². The van der Waals surface area contributed by atoms with E-state index in [0.29, 0.717) is 0 Å². The highest BCUT2D eigenvalue weighted by Crippen LogP contribution is 2.27. The van der Waals surface area contributed by atoms with Gasteiger partial charge in [0.1, 0.15) is 6.10 Å². The number of Topliss-reactive ketones (excluding diaryl/α,β-unsaturated/α-hetero) is 1. The molecule has 62 valence electrons. The lowest BCUT2D eigenvalue weighted by molar-refractivity contribution is -0.144. The minimum Gasteiger partial charge on any atom is -0.393 e. The number of carbonyl (C=O) groups excluding carboxylic acids is 1. The molecule has 5 heteroatoms. The van der Waals surface area contributed by atoms with Crippen LogP contribution in [0.5, 0.6) is 0 Å². The topological polar surface area (TPSA) is 77.8 Å². The van der Waals surface area contributed by atoms with Crippen molar-refractivity contribution in [1.82, 2.24) is 0 Å². The quantitative estimate of drug-likeness (QED) is 0.470. The predicted octanol–water partition coefficient (Wildman–Crippen LogP) is -1.22. The Morgan fingerprint density at radius 1 is 1.73 bits per heavy atom. The number of hydrogen-bond acceptors (Lipinski definition) is 4. The zero-order valence-electron chi connectivity index (χ0n) is 5.49. The van der Waals surface area contributed by atoms with E-state index < -0.39 is 24.1 Å². The highest BCUT2D eigenvalue weighted by Gasteiger charge is 2.47. The summed E-state index contributed by atoms with van der Waals surface area (Å²) in [5.74, 6) is -0.839. The molecular weight excluding hydrogens is 172 g/mol. The Kier molecular flexibility index (Phi) is 2.02. The van der Waals surface area contributed by atoms with E-state index >= 15 is 0 Å². The first-order valence-electron chi connectivity index (χ1n) is 2.96. The molecule has 0 bridgehead atoms. The van der Waals surface area contributed by atoms with Crippen LogP contribution in [0.4, 0.5) is 0 Å². The summed E-state index contributed by atoms with van der Waals surface area (Å²) >= 11 is 5.30. The van der Waals surface area contributed by atoms with Crippen LogP contribution in [0, 0.1) is 0 Å². The third-order valence-corrected chi connectivity index (χ3v) is 1.94. The summed E-state index contributed by atoms with van der Waals surface area (Å²) in [7, 11) is 0. The first kappa shape index (κ1) is 8.67. The Morgan fingerprint density at radius 3 is 2.45 bits per heavy atom. The fourth-order valence-corrected chi connectivity index (χ4v) is 1.14. The standard InChI is InChI=1S/C6H7ClO4/c7-3-1-4(9)6(11,2-8)5(3)10/h1,4,8-9,11H,2H2/t4-,6-/m1/s1. The summed E-state index contributed by atoms with van der Waals surface area (Å²) in [6, 6.07) is 0. The second-order valence-corrected chi connectivity index (χ2v) is 2.78. The minimum absolute atomic E-state index is 0.242. The zero-order chi connectivity index (χ0) is 8.65. The van der Waals surface area contributed by atoms with Crippen molar-refractivity contribution in [2.75, 3.05) is 6.61 Å². The summed E-state index contributed by atoms with van der Waals surface area (Å²) in [4.78, 5) is 10.9. The lowest BCUT2D eigenvalue weighted by atomic mass is 9.99. The van der Waals surface area contributed by atoms with Crippen molar-refractivity contribution in [2.45, 2.75) is 11.7 Å². The molecule has 0 amide bonds. The molecule has 1 rings (SSSR count). The summed E-state index contributed by atoms with van der Waals surface area (Å²) < 4.78 is 0. The average molecular weight is 179 g/mol. The summed E-state index contributed by atoms with van der Waals surface area (Å²) in [5.41, 5.74) is -2.13. The molecule has 0 aliphatic heterocycles. The number of aliphatic hydroxyl groups excluding tert-OH is 2. The van der Waals surface area contributed by atoms with Gasteiger partial charge < -0.3 is 15.3 Å². The van der Waals surface area contributed by atoms with Gasteiger partial charge in [-0.1, -0.05) is 11.6 Å². The van der Waals surface area contributed by atoms with E-state index in [1.165, 1.54) is 0 Å². The van der Waals surface area contributed by atoms with Gasteiger partial charge in [-0.15, -0.1) is 0 Å². The van der Waals surface area contributed by atoms with E-state index in [-0.39, 0.29) is 5.03 Å². The molecule has 11 heavy (non-hydrogen) atoms. The molecule has 2 atom stereocenters. The molecule has 4 nitrogen and oxygen atoms in total. The molecule has 3 N–H and O–H groups in total. The average Bonchev–Trinajstić information content (AvgIpc) is 2.16. The molecule has 0 saturated heterocycles. The number of aliphatic hydroxyl groups is 3. The van der Waals surface area contributed by atoms with E-state index in [1.807, 2.05) is 0 Å². The van der Waals surface area contributed by atoms with Gasteiger partial charge in [0.25, 0.3) is 0 Å². The van der Waals surface area contributed by atoms with Crippen LogP contribution in [0.25, 0.3) is 0 Å². The van der Waals surface area contributed by atoms with E-state index in [2.05, 4.69) is 0 Å². The smallest absolute Gasteiger partial charge is 0.210 e. The Hall–Kier alpha value is -0.420. The maximum atomic E-state index is 10.9. The van der Waals surface area contributed by atoms with Crippen molar-refractivity contribution in [3.05, 3.63) is 11.1 Å². The van der Waals surface area contributed by atoms with Gasteiger partial charge >= 0.3 is 0 Å². The molecule has 0 saturated carbocycles. The number of halogens is 1. The van der Waals surface area contributed by atoms with Gasteiger partial charge in [-0.3, -0.25) is 4.79 Å². The number of hydrogen-bond donors (Lipinski definition) is 3. The van der Waals surface area contributed by atoms with Crippen LogP contribution in [0.2, 0.25) is 0 Å². The second kappa shape index (κ2) is 2.57. The minimum atomic E-state index is -2.13. The van der Waals surface area contributed by atoms with Crippen LogP contribution in [-0.4, -0.2) is 39.4 Å². The Morgan fingerprint density at radius 2 is 2.27 bits per heavy atom. The van der Waals surface area contributed by atoms with Crippen LogP contribution in [0.1, 0.15) is 0 Å². The van der Waals surface area contributed by atoms with E-state index in [4.69, 9.17) is 21.8 Å². The summed E-state index contributed by atoms with van der Waals surface area (Å²) in [6.45, 7) is -0.834. The summed E-state index contributed by atoms with van der Waals surface area (Å²) in [6.07, 6.45) is -0.410. The third-order valence-electron chi connectivity index (χ3n) is 1.64. The van der Waals surface area contributed by atoms with Crippen molar-refractivity contribution in [3.8, 4) is 0 Å². The fourth-order valence-electron chi connectivity index (χ4n) is 0.859. The SMILES string of the molecule is O=C1C(Cl)=C[C@@H](O)[C@]1(O)CO. The van der Waals surface area contributed by atoms with Crippen LogP contribution in [0.15, 0.2) is 11.1 Å². The van der Waals surface area contributed by atoms with Crippen molar-refractivity contribution in [3.63, 3.8) is 0 Å². The van der Waals surface area contributed by atoms with Gasteiger partial charge in [0.05, 0.1) is 11.6 Å². The molecular formula is C6H7ClO4. The second-order valence-electron chi connectivity index (χ2n) is 2.37. The third kappa shape index (κ3) is 1.08. The molecule has 0 spiro atoms. The Bertz CT molecular complexity index is 225. The monoisotopic (exact) mass is 178 g/mol. The normalized spacial score (nSPS) is 37.6. The number of rotatable bonds is 1. The molecule has 0 aromatic heterocycles. The van der Waals surface area contributed by atoms with Gasteiger partial charge in [0.2, 0.25) is 5.78 Å². The highest BCUT2D eigenvalue weighted by atomic mass is 35.5. The predicted molar refractivity (Wildman–Crippen MR) is 37.0 cm³/mol. The van der Waals surface area contributed by atoms with E-state index in [1.54, 1.807) is 0 Å². The first-order chi connectivity index (χ1) is 5.02. The zero-order valence-corrected chi connectivity index (χ0v) is 6.25. The molecule has 0 heterocycles. The lowest BCUT2D eigenvalue weighted by Gasteiger charge is -2.21. The lowest BCUT2D eigenvalue weighted by Crippen LogP contribution is -2.48. The maximum Gasteiger partial charge on any atom is 0.210 e. The van der Waals surface area contributed by atoms with Crippen molar-refractivity contribution in [1.29, 1.82) is 0 Å². The van der Waals surface area contributed by atoms with Gasteiger partial charge in [0.15, 0.2) is 5.60 Å². The van der Waals surface area contributed by atoms with E-state index in [0.717, 1.165) is 6.08 Å². The van der Waals surface area contributed by atoms with Gasteiger partial charge in [-0.05, 0) is 6.08 Å². The first-order valence-corrected chi connectivity index (χ1v) is 3.33. The molecule has 0 radical (unpaired) electrons. The molecule has 1 aliphatic carbocycles. The number of ketones is 1. The highest BCUT2D eigenvalue weighted by molar-refractivity contribution is 6.44. The number of carbonyl (C=O) groups is 1. The summed E-state index contributed by atoms with van der Waals surface area (Å²) in [5, 5.41) is 26.5. The van der Waals surface area contributed by atoms with Crippen molar-refractivity contribution in [2.24, 2.45) is 0 Å². The molecule has 0 unspecified atom stereocenters. The van der Waals surface area contributed by atoms with Gasteiger partial charge in [-0.2, -0.15) is 0 Å². The van der Waals surface area contributed by atoms with Crippen molar-refractivity contribution >= 4 is 17.4 Å². The Labute approximate surface area is 67.7 Å². The van der Waals surface area contributed by atoms with Crippen molar-refractivity contribution < 1.29 is 20.1 Å². The van der Waals surface area contributed by atoms with Crippen LogP contribution in [0.3, 0.4) is 0 Å². The van der Waals surface area contributed by atoms with Crippen LogP contribution in [-0.2, 0) is 4.79 Å². The molecule has 0 aromatic rings. The van der Waals surface area contributed by atoms with Gasteiger partial charge in [-0.25, -0.2) is 0 Å². The van der Waals surface area contributed by atoms with Crippen LogP contribution >= 0.6 is 11.6 Å².